The SMILES string of the molecule is Cc1csc(C(C)CNC2CCCSC2)n1. The number of thiazole rings is 1. The summed E-state index contributed by atoms with van der Waals surface area (Å²) in [6.45, 7) is 5.40. The van der Waals surface area contributed by atoms with Gasteiger partial charge in [0.2, 0.25) is 0 Å². The van der Waals surface area contributed by atoms with E-state index in [1.165, 1.54) is 29.4 Å². The van der Waals surface area contributed by atoms with E-state index >= 15 is 0 Å². The maximum absolute atomic E-state index is 4.55. The molecule has 1 aliphatic heterocycles. The Morgan fingerprint density at radius 3 is 3.12 bits per heavy atom. The normalized spacial score (nSPS) is 23.2. The summed E-state index contributed by atoms with van der Waals surface area (Å²) in [7, 11) is 0. The molecule has 1 aromatic heterocycles. The van der Waals surface area contributed by atoms with Gasteiger partial charge in [0.05, 0.1) is 5.01 Å². The number of hydrogen-bond acceptors (Lipinski definition) is 4. The van der Waals surface area contributed by atoms with Crippen LogP contribution < -0.4 is 5.32 Å². The molecule has 2 rings (SSSR count). The van der Waals surface area contributed by atoms with Crippen LogP contribution in [-0.2, 0) is 0 Å². The lowest BCUT2D eigenvalue weighted by molar-refractivity contribution is 0.487. The molecule has 16 heavy (non-hydrogen) atoms. The molecule has 2 heterocycles. The fourth-order valence-corrected chi connectivity index (χ4v) is 3.89. The van der Waals surface area contributed by atoms with Gasteiger partial charge in [-0.3, -0.25) is 0 Å². The van der Waals surface area contributed by atoms with Crippen molar-refractivity contribution in [2.24, 2.45) is 0 Å². The van der Waals surface area contributed by atoms with E-state index in [4.69, 9.17) is 0 Å². The summed E-state index contributed by atoms with van der Waals surface area (Å²) in [6, 6.07) is 0.724. The summed E-state index contributed by atoms with van der Waals surface area (Å²) >= 11 is 3.87. The minimum atomic E-state index is 0.547. The van der Waals surface area contributed by atoms with Gasteiger partial charge in [-0.05, 0) is 25.5 Å². The van der Waals surface area contributed by atoms with Crippen molar-refractivity contribution in [1.29, 1.82) is 0 Å². The maximum atomic E-state index is 4.55. The van der Waals surface area contributed by atoms with E-state index < -0.39 is 0 Å². The first-order chi connectivity index (χ1) is 7.75. The third kappa shape index (κ3) is 3.47. The number of nitrogens with zero attached hydrogens (tertiary/aromatic N) is 1. The van der Waals surface area contributed by atoms with E-state index in [0.717, 1.165) is 18.3 Å². The average molecular weight is 256 g/mol. The van der Waals surface area contributed by atoms with Gasteiger partial charge in [-0.1, -0.05) is 6.92 Å². The average Bonchev–Trinajstić information content (AvgIpc) is 2.74. The molecule has 0 radical (unpaired) electrons. The van der Waals surface area contributed by atoms with Gasteiger partial charge in [0.15, 0.2) is 0 Å². The van der Waals surface area contributed by atoms with Gasteiger partial charge < -0.3 is 5.32 Å². The molecule has 1 N–H and O–H groups in total. The quantitative estimate of drug-likeness (QED) is 0.896. The standard InChI is InChI=1S/C12H20N2S2/c1-9(12-14-10(2)7-16-12)6-13-11-4-3-5-15-8-11/h7,9,11,13H,3-6,8H2,1-2H3. The van der Waals surface area contributed by atoms with E-state index in [9.17, 15) is 0 Å². The highest BCUT2D eigenvalue weighted by Crippen LogP contribution is 2.21. The summed E-state index contributed by atoms with van der Waals surface area (Å²) in [4.78, 5) is 4.55. The van der Waals surface area contributed by atoms with E-state index in [1.807, 2.05) is 0 Å². The maximum Gasteiger partial charge on any atom is 0.0969 e. The fraction of sp³-hybridized carbons (Fsp3) is 0.750. The van der Waals surface area contributed by atoms with Gasteiger partial charge in [0, 0.05) is 35.3 Å². The number of aromatic nitrogens is 1. The summed E-state index contributed by atoms with van der Waals surface area (Å²) in [5.41, 5.74) is 1.15. The summed E-state index contributed by atoms with van der Waals surface area (Å²) < 4.78 is 0. The molecule has 0 aromatic carbocycles. The first-order valence-corrected chi connectivity index (χ1v) is 8.02. The number of nitrogens with one attached hydrogen (secondary N) is 1. The number of rotatable bonds is 4. The van der Waals surface area contributed by atoms with Gasteiger partial charge in [0.25, 0.3) is 0 Å². The summed E-state index contributed by atoms with van der Waals surface area (Å²) in [5, 5.41) is 7.09. The van der Waals surface area contributed by atoms with Gasteiger partial charge in [-0.25, -0.2) is 4.98 Å². The molecular formula is C12H20N2S2. The van der Waals surface area contributed by atoms with Crippen molar-refractivity contribution in [3.8, 4) is 0 Å². The van der Waals surface area contributed by atoms with Crippen molar-refractivity contribution in [2.45, 2.75) is 38.6 Å². The Kier molecular flexibility index (Phi) is 4.67. The smallest absolute Gasteiger partial charge is 0.0969 e. The highest BCUT2D eigenvalue weighted by Gasteiger charge is 2.15. The fourth-order valence-electron chi connectivity index (χ4n) is 1.93. The molecule has 0 aliphatic carbocycles. The summed E-state index contributed by atoms with van der Waals surface area (Å²) in [5.74, 6) is 3.17. The lowest BCUT2D eigenvalue weighted by Crippen LogP contribution is -2.36. The summed E-state index contributed by atoms with van der Waals surface area (Å²) in [6.07, 6.45) is 2.71. The van der Waals surface area contributed by atoms with Crippen LogP contribution in [0.3, 0.4) is 0 Å². The zero-order valence-electron chi connectivity index (χ0n) is 10.0. The van der Waals surface area contributed by atoms with Crippen LogP contribution >= 0.6 is 23.1 Å². The van der Waals surface area contributed by atoms with Gasteiger partial charge >= 0.3 is 0 Å². The Labute approximate surface area is 106 Å². The van der Waals surface area contributed by atoms with E-state index in [1.54, 1.807) is 11.3 Å². The molecule has 2 atom stereocenters. The zero-order chi connectivity index (χ0) is 11.4. The largest absolute Gasteiger partial charge is 0.312 e. The van der Waals surface area contributed by atoms with Crippen LogP contribution in [0.4, 0.5) is 0 Å². The van der Waals surface area contributed by atoms with Crippen molar-refractivity contribution in [3.05, 3.63) is 16.1 Å². The van der Waals surface area contributed by atoms with Crippen LogP contribution in [-0.4, -0.2) is 29.1 Å². The minimum Gasteiger partial charge on any atom is -0.312 e. The Hall–Kier alpha value is -0.0600. The van der Waals surface area contributed by atoms with Gasteiger partial charge in [0.1, 0.15) is 0 Å². The highest BCUT2D eigenvalue weighted by atomic mass is 32.2. The lowest BCUT2D eigenvalue weighted by atomic mass is 10.1. The van der Waals surface area contributed by atoms with Crippen molar-refractivity contribution in [2.75, 3.05) is 18.1 Å². The molecule has 1 saturated heterocycles. The molecule has 90 valence electrons. The first kappa shape index (κ1) is 12.4. The van der Waals surface area contributed by atoms with E-state index in [-0.39, 0.29) is 0 Å². The topological polar surface area (TPSA) is 24.9 Å². The van der Waals surface area contributed by atoms with Gasteiger partial charge in [-0.15, -0.1) is 11.3 Å². The van der Waals surface area contributed by atoms with E-state index in [0.29, 0.717) is 5.92 Å². The minimum absolute atomic E-state index is 0.547. The van der Waals surface area contributed by atoms with Crippen LogP contribution in [0, 0.1) is 6.92 Å². The van der Waals surface area contributed by atoms with Crippen molar-refractivity contribution in [1.82, 2.24) is 10.3 Å². The molecule has 2 nitrogen and oxygen atoms in total. The van der Waals surface area contributed by atoms with Crippen molar-refractivity contribution < 1.29 is 0 Å². The third-order valence-corrected chi connectivity index (χ3v) is 5.34. The Bertz CT molecular complexity index is 319. The second-order valence-corrected chi connectivity index (χ2v) is 6.59. The van der Waals surface area contributed by atoms with Crippen LogP contribution in [0.2, 0.25) is 0 Å². The van der Waals surface area contributed by atoms with Crippen LogP contribution in [0.25, 0.3) is 0 Å². The molecular weight excluding hydrogens is 236 g/mol. The Morgan fingerprint density at radius 1 is 1.62 bits per heavy atom. The molecule has 1 aliphatic rings. The van der Waals surface area contributed by atoms with Crippen LogP contribution in [0.5, 0.6) is 0 Å². The molecule has 4 heteroatoms. The highest BCUT2D eigenvalue weighted by molar-refractivity contribution is 7.99. The lowest BCUT2D eigenvalue weighted by Gasteiger charge is -2.23. The van der Waals surface area contributed by atoms with Crippen LogP contribution in [0.15, 0.2) is 5.38 Å². The monoisotopic (exact) mass is 256 g/mol. The molecule has 0 amide bonds. The van der Waals surface area contributed by atoms with Gasteiger partial charge in [-0.2, -0.15) is 11.8 Å². The van der Waals surface area contributed by atoms with Crippen molar-refractivity contribution in [3.63, 3.8) is 0 Å². The Morgan fingerprint density at radius 2 is 2.50 bits per heavy atom. The predicted octanol–water partition coefficient (Wildman–Crippen LogP) is 3.04. The molecule has 0 saturated carbocycles. The molecule has 1 fully saturated rings. The van der Waals surface area contributed by atoms with E-state index in [2.05, 4.69) is 41.3 Å². The number of aryl methyl sites for hydroxylation is 1. The second kappa shape index (κ2) is 6.03. The number of thioether (sulfide) groups is 1. The Balaban J connectivity index is 1.76. The van der Waals surface area contributed by atoms with Crippen molar-refractivity contribution >= 4 is 23.1 Å². The molecule has 2 unspecified atom stereocenters. The number of hydrogen-bond donors (Lipinski definition) is 1. The third-order valence-electron chi connectivity index (χ3n) is 2.93. The zero-order valence-corrected chi connectivity index (χ0v) is 11.7. The first-order valence-electron chi connectivity index (χ1n) is 5.99. The predicted molar refractivity (Wildman–Crippen MR) is 73.6 cm³/mol. The van der Waals surface area contributed by atoms with Crippen LogP contribution in [0.1, 0.15) is 36.4 Å². The molecule has 0 bridgehead atoms. The molecule has 1 aromatic rings. The molecule has 0 spiro atoms. The second-order valence-electron chi connectivity index (χ2n) is 4.55.